The summed E-state index contributed by atoms with van der Waals surface area (Å²) in [5, 5.41) is 8.92. The molecule has 0 bridgehead atoms. The predicted molar refractivity (Wildman–Crippen MR) is 64.2 cm³/mol. The zero-order valence-electron chi connectivity index (χ0n) is 10.5. The lowest BCUT2D eigenvalue weighted by molar-refractivity contribution is 0.0706. The minimum atomic E-state index is -0.779. The van der Waals surface area contributed by atoms with E-state index in [-0.39, 0.29) is 0 Å². The van der Waals surface area contributed by atoms with E-state index in [2.05, 4.69) is 4.90 Å². The molecule has 0 aromatic heterocycles. The van der Waals surface area contributed by atoms with Crippen molar-refractivity contribution in [2.75, 3.05) is 33.4 Å². The van der Waals surface area contributed by atoms with Crippen molar-refractivity contribution in [1.29, 1.82) is 0 Å². The van der Waals surface area contributed by atoms with Gasteiger partial charge in [-0.25, -0.2) is 4.79 Å². The van der Waals surface area contributed by atoms with E-state index in [9.17, 15) is 4.79 Å². The summed E-state index contributed by atoms with van der Waals surface area (Å²) in [6.07, 6.45) is 3.74. The van der Waals surface area contributed by atoms with Crippen molar-refractivity contribution in [3.05, 3.63) is 0 Å². The van der Waals surface area contributed by atoms with Crippen LogP contribution in [-0.4, -0.2) is 66.4 Å². The Morgan fingerprint density at radius 3 is 2.35 bits per heavy atom. The lowest BCUT2D eigenvalue weighted by Gasteiger charge is -2.37. The summed E-state index contributed by atoms with van der Waals surface area (Å²) < 4.78 is 5.15. The van der Waals surface area contributed by atoms with Crippen molar-refractivity contribution in [3.63, 3.8) is 0 Å². The number of rotatable bonds is 5. The second-order valence-corrected chi connectivity index (χ2v) is 4.96. The van der Waals surface area contributed by atoms with Gasteiger partial charge in [0.15, 0.2) is 0 Å². The van der Waals surface area contributed by atoms with Gasteiger partial charge in [0.1, 0.15) is 0 Å². The first-order valence-corrected chi connectivity index (χ1v) is 6.45. The van der Waals surface area contributed by atoms with E-state index in [1.807, 2.05) is 0 Å². The van der Waals surface area contributed by atoms with Gasteiger partial charge in [-0.2, -0.15) is 0 Å². The fraction of sp³-hybridized carbons (Fsp3) is 0.917. The molecule has 5 nitrogen and oxygen atoms in total. The van der Waals surface area contributed by atoms with E-state index in [4.69, 9.17) is 9.84 Å². The van der Waals surface area contributed by atoms with Crippen molar-refractivity contribution in [2.24, 2.45) is 0 Å². The monoisotopic (exact) mass is 242 g/mol. The minimum absolute atomic E-state index is 0.549. The first-order chi connectivity index (χ1) is 8.22. The van der Waals surface area contributed by atoms with Crippen molar-refractivity contribution in [3.8, 4) is 0 Å². The number of amides is 1. The molecule has 1 aliphatic heterocycles. The van der Waals surface area contributed by atoms with Crippen molar-refractivity contribution < 1.29 is 14.6 Å². The molecule has 0 aromatic rings. The van der Waals surface area contributed by atoms with Crippen molar-refractivity contribution in [1.82, 2.24) is 9.80 Å². The van der Waals surface area contributed by atoms with Crippen molar-refractivity contribution in [2.45, 2.75) is 37.8 Å². The summed E-state index contributed by atoms with van der Waals surface area (Å²) in [5.41, 5.74) is 0. The quantitative estimate of drug-likeness (QED) is 0.788. The molecule has 17 heavy (non-hydrogen) atoms. The third kappa shape index (κ3) is 3.33. The van der Waals surface area contributed by atoms with Gasteiger partial charge >= 0.3 is 6.09 Å². The Labute approximate surface area is 102 Å². The number of hydrogen-bond acceptors (Lipinski definition) is 3. The lowest BCUT2D eigenvalue weighted by atomic mass is 10.0. The number of likely N-dealkylation sites (tertiary alicyclic amines) is 1. The lowest BCUT2D eigenvalue weighted by Crippen LogP contribution is -2.48. The Kier molecular flexibility index (Phi) is 4.23. The average Bonchev–Trinajstić information content (AvgIpc) is 3.14. The summed E-state index contributed by atoms with van der Waals surface area (Å²) in [6, 6.07) is 1.28. The van der Waals surface area contributed by atoms with E-state index >= 15 is 0 Å². The molecule has 0 atom stereocenters. The summed E-state index contributed by atoms with van der Waals surface area (Å²) in [7, 11) is 1.73. The van der Waals surface area contributed by atoms with Gasteiger partial charge in [0.25, 0.3) is 0 Å². The fourth-order valence-corrected chi connectivity index (χ4v) is 2.65. The molecule has 2 rings (SSSR count). The highest BCUT2D eigenvalue weighted by atomic mass is 16.5. The van der Waals surface area contributed by atoms with Crippen LogP contribution in [-0.2, 0) is 4.74 Å². The average molecular weight is 242 g/mol. The Balaban J connectivity index is 1.82. The maximum Gasteiger partial charge on any atom is 0.407 e. The molecule has 0 spiro atoms. The molecule has 2 fully saturated rings. The normalized spacial score (nSPS) is 22.1. The maximum atomic E-state index is 10.8. The van der Waals surface area contributed by atoms with Crippen LogP contribution < -0.4 is 0 Å². The number of methoxy groups -OCH3 is 1. The van der Waals surface area contributed by atoms with E-state index in [1.165, 1.54) is 17.7 Å². The molecule has 1 N–H and O–H groups in total. The first kappa shape index (κ1) is 12.6. The van der Waals surface area contributed by atoms with E-state index < -0.39 is 6.09 Å². The second kappa shape index (κ2) is 5.69. The van der Waals surface area contributed by atoms with Crippen LogP contribution in [0, 0.1) is 0 Å². The molecule has 0 aromatic carbocycles. The predicted octanol–water partition coefficient (Wildman–Crippen LogP) is 1.24. The molecule has 98 valence electrons. The van der Waals surface area contributed by atoms with Gasteiger partial charge in [-0.3, -0.25) is 4.90 Å². The van der Waals surface area contributed by atoms with Gasteiger partial charge in [0.05, 0.1) is 6.61 Å². The number of ether oxygens (including phenoxy) is 1. The van der Waals surface area contributed by atoms with Crippen molar-refractivity contribution >= 4 is 6.09 Å². The fourth-order valence-electron chi connectivity index (χ4n) is 2.65. The van der Waals surface area contributed by atoms with Crippen LogP contribution in [0.5, 0.6) is 0 Å². The van der Waals surface area contributed by atoms with Crippen LogP contribution in [0.15, 0.2) is 0 Å². The maximum absolute atomic E-state index is 10.8. The molecule has 1 amide bonds. The summed E-state index contributed by atoms with van der Waals surface area (Å²) >= 11 is 0. The third-order valence-corrected chi connectivity index (χ3v) is 3.77. The second-order valence-electron chi connectivity index (χ2n) is 4.96. The smallest absolute Gasteiger partial charge is 0.407 e. The zero-order valence-corrected chi connectivity index (χ0v) is 10.5. The van der Waals surface area contributed by atoms with Crippen LogP contribution in [0.25, 0.3) is 0 Å². The topological polar surface area (TPSA) is 53.0 Å². The van der Waals surface area contributed by atoms with E-state index in [1.54, 1.807) is 7.11 Å². The molecule has 1 saturated heterocycles. The van der Waals surface area contributed by atoms with Gasteiger partial charge in [0, 0.05) is 38.8 Å². The molecule has 0 unspecified atom stereocenters. The molecule has 0 radical (unpaired) electrons. The molecule has 1 heterocycles. The van der Waals surface area contributed by atoms with Crippen LogP contribution in [0.1, 0.15) is 25.7 Å². The first-order valence-electron chi connectivity index (χ1n) is 6.45. The summed E-state index contributed by atoms with van der Waals surface area (Å²) in [5.74, 6) is 0. The SMILES string of the molecule is COCCN(C1CC1)C1CCN(C(=O)O)CC1. The zero-order chi connectivity index (χ0) is 12.3. The third-order valence-electron chi connectivity index (χ3n) is 3.77. The minimum Gasteiger partial charge on any atom is -0.465 e. The summed E-state index contributed by atoms with van der Waals surface area (Å²) in [6.45, 7) is 3.11. The number of carboxylic acid groups (broad SMARTS) is 1. The van der Waals surface area contributed by atoms with Crippen LogP contribution in [0.2, 0.25) is 0 Å². The van der Waals surface area contributed by atoms with Gasteiger partial charge in [-0.1, -0.05) is 0 Å². The van der Waals surface area contributed by atoms with Gasteiger partial charge in [0.2, 0.25) is 0 Å². The van der Waals surface area contributed by atoms with Gasteiger partial charge in [-0.05, 0) is 25.7 Å². The molecule has 2 aliphatic rings. The molecule has 1 aliphatic carbocycles. The van der Waals surface area contributed by atoms with Crippen LogP contribution in [0.4, 0.5) is 4.79 Å². The Morgan fingerprint density at radius 1 is 1.29 bits per heavy atom. The highest BCUT2D eigenvalue weighted by Crippen LogP contribution is 2.31. The van der Waals surface area contributed by atoms with Gasteiger partial charge < -0.3 is 14.7 Å². The number of hydrogen-bond donors (Lipinski definition) is 1. The van der Waals surface area contributed by atoms with Crippen LogP contribution >= 0.6 is 0 Å². The molecule has 5 heteroatoms. The number of piperidine rings is 1. The standard InChI is InChI=1S/C12H22N2O3/c1-17-9-8-14(10-2-3-10)11-4-6-13(7-5-11)12(15)16/h10-11H,2-9H2,1H3,(H,15,16). The highest BCUT2D eigenvalue weighted by Gasteiger charge is 2.35. The summed E-state index contributed by atoms with van der Waals surface area (Å²) in [4.78, 5) is 14.9. The highest BCUT2D eigenvalue weighted by molar-refractivity contribution is 5.65. The van der Waals surface area contributed by atoms with E-state index in [0.29, 0.717) is 19.1 Å². The molecular formula is C12H22N2O3. The van der Waals surface area contributed by atoms with Crippen LogP contribution in [0.3, 0.4) is 0 Å². The van der Waals surface area contributed by atoms with E-state index in [0.717, 1.165) is 32.0 Å². The van der Waals surface area contributed by atoms with Gasteiger partial charge in [-0.15, -0.1) is 0 Å². The Bertz CT molecular complexity index is 260. The molecule has 1 saturated carbocycles. The Hall–Kier alpha value is -0.810. The Morgan fingerprint density at radius 2 is 1.88 bits per heavy atom. The molecular weight excluding hydrogens is 220 g/mol. The number of carbonyl (C=O) groups is 1. The largest absolute Gasteiger partial charge is 0.465 e. The number of nitrogens with zero attached hydrogens (tertiary/aromatic N) is 2.